The van der Waals surface area contributed by atoms with E-state index in [1.54, 1.807) is 0 Å². The van der Waals surface area contributed by atoms with Gasteiger partial charge in [0, 0.05) is 0 Å². The fraction of sp³-hybridized carbons (Fsp3) is 0. The third kappa shape index (κ3) is 386. The fourth-order valence-corrected chi connectivity index (χ4v) is 0. The van der Waals surface area contributed by atoms with E-state index in [1.165, 1.54) is 0 Å². The summed E-state index contributed by atoms with van der Waals surface area (Å²) in [5.41, 5.74) is 0. The molecule has 4 N–H and O–H groups in total. The summed E-state index contributed by atoms with van der Waals surface area (Å²) in [5, 5.41) is 29.5. The SMILES string of the molecule is O.O.O=[N+]([O-])[O-].O=[N+]([O-])[O-].[Rh+2]. The van der Waals surface area contributed by atoms with Crippen LogP contribution < -0.4 is 0 Å². The van der Waals surface area contributed by atoms with Crippen molar-refractivity contribution < 1.29 is 40.6 Å². The Labute approximate surface area is 72.0 Å². The van der Waals surface area contributed by atoms with Crippen LogP contribution in [0, 0.1) is 30.6 Å². The maximum atomic E-state index is 8.25. The molecular weight excluding hydrogens is 259 g/mol. The minimum absolute atomic E-state index is 0. The summed E-state index contributed by atoms with van der Waals surface area (Å²) >= 11 is 0. The molecule has 0 aromatic carbocycles. The van der Waals surface area contributed by atoms with Gasteiger partial charge in [0.05, 0.1) is 10.2 Å². The van der Waals surface area contributed by atoms with Crippen molar-refractivity contribution in [3.63, 3.8) is 0 Å². The number of nitrogens with zero attached hydrogens (tertiary/aromatic N) is 2. The first-order valence-electron chi connectivity index (χ1n) is 1.10. The normalized spacial score (nSPS) is 4.36. The third-order valence-corrected chi connectivity index (χ3v) is 0. The van der Waals surface area contributed by atoms with Crippen molar-refractivity contribution in [3.05, 3.63) is 30.6 Å². The van der Waals surface area contributed by atoms with E-state index in [0.29, 0.717) is 0 Å². The number of hydrogen-bond donors (Lipinski definition) is 0. The van der Waals surface area contributed by atoms with Gasteiger partial charge in [-0.05, 0) is 0 Å². The second-order valence-corrected chi connectivity index (χ2v) is 0.447. The van der Waals surface area contributed by atoms with Crippen LogP contribution in [-0.2, 0) is 19.5 Å². The largest absolute Gasteiger partial charge is 2.00 e. The van der Waals surface area contributed by atoms with E-state index in [1.807, 2.05) is 0 Å². The van der Waals surface area contributed by atoms with Gasteiger partial charge in [-0.15, -0.1) is 0 Å². The maximum absolute atomic E-state index is 8.25. The molecule has 0 spiro atoms. The summed E-state index contributed by atoms with van der Waals surface area (Å²) in [5.74, 6) is 0. The summed E-state index contributed by atoms with van der Waals surface area (Å²) in [4.78, 5) is 16.5. The van der Waals surface area contributed by atoms with Crippen molar-refractivity contribution in [3.8, 4) is 0 Å². The maximum Gasteiger partial charge on any atom is 2.00 e. The zero-order chi connectivity index (χ0) is 7.15. The quantitative estimate of drug-likeness (QED) is 0.271. The van der Waals surface area contributed by atoms with Crippen molar-refractivity contribution >= 4 is 0 Å². The van der Waals surface area contributed by atoms with Crippen LogP contribution in [0.15, 0.2) is 0 Å². The van der Waals surface area contributed by atoms with E-state index in [9.17, 15) is 0 Å². The molecule has 0 bridgehead atoms. The Morgan fingerprint density at radius 2 is 0.727 bits per heavy atom. The first kappa shape index (κ1) is 32.5. The minimum atomic E-state index is -1.75. The predicted molar refractivity (Wildman–Crippen MR) is 28.0 cm³/mol. The van der Waals surface area contributed by atoms with Crippen LogP contribution in [0.4, 0.5) is 0 Å². The summed E-state index contributed by atoms with van der Waals surface area (Å²) in [6.45, 7) is 0. The summed E-state index contributed by atoms with van der Waals surface area (Å²) in [7, 11) is 0. The number of hydrogen-bond acceptors (Lipinski definition) is 6. The van der Waals surface area contributed by atoms with Crippen LogP contribution in [0.5, 0.6) is 0 Å². The molecule has 0 aliphatic carbocycles. The molecule has 0 aliphatic rings. The van der Waals surface area contributed by atoms with Gasteiger partial charge in [-0.2, -0.15) is 0 Å². The standard InChI is InChI=1S/2NO3.2H2O.Rh/c2*2-1(3)4;;;/h;;2*1H2;/q2*-1;;;+2. The van der Waals surface area contributed by atoms with Crippen LogP contribution in [-0.4, -0.2) is 21.1 Å². The Balaban J connectivity index is -0.0000000171. The fourth-order valence-electron chi connectivity index (χ4n) is 0. The van der Waals surface area contributed by atoms with Crippen molar-refractivity contribution in [1.29, 1.82) is 0 Å². The van der Waals surface area contributed by atoms with E-state index >= 15 is 0 Å². The van der Waals surface area contributed by atoms with Gasteiger partial charge in [0.1, 0.15) is 0 Å². The Bertz CT molecular complexity index is 70.1. The van der Waals surface area contributed by atoms with Crippen molar-refractivity contribution in [1.82, 2.24) is 0 Å². The van der Waals surface area contributed by atoms with E-state index in [0.717, 1.165) is 0 Å². The van der Waals surface area contributed by atoms with Crippen molar-refractivity contribution in [2.75, 3.05) is 0 Å². The molecule has 0 fully saturated rings. The Morgan fingerprint density at radius 1 is 0.727 bits per heavy atom. The molecule has 11 heteroatoms. The molecule has 0 heterocycles. The molecule has 10 nitrogen and oxygen atoms in total. The molecule has 0 aromatic heterocycles. The third-order valence-electron chi connectivity index (χ3n) is 0. The second-order valence-electron chi connectivity index (χ2n) is 0.447. The zero-order valence-corrected chi connectivity index (χ0v) is 6.32. The molecule has 0 amide bonds. The van der Waals surface area contributed by atoms with E-state index in [2.05, 4.69) is 0 Å². The first-order chi connectivity index (χ1) is 3.46. The minimum Gasteiger partial charge on any atom is -0.412 e. The van der Waals surface area contributed by atoms with Gasteiger partial charge in [-0.1, -0.05) is 0 Å². The Kier molecular flexibility index (Phi) is 68.3. The van der Waals surface area contributed by atoms with Gasteiger partial charge in [0.15, 0.2) is 0 Å². The summed E-state index contributed by atoms with van der Waals surface area (Å²) in [6, 6.07) is 0. The van der Waals surface area contributed by atoms with Gasteiger partial charge in [0.25, 0.3) is 0 Å². The van der Waals surface area contributed by atoms with Crippen LogP contribution >= 0.6 is 0 Å². The molecule has 0 unspecified atom stereocenters. The second kappa shape index (κ2) is 23.1. The zero-order valence-electron chi connectivity index (χ0n) is 4.68. The summed E-state index contributed by atoms with van der Waals surface area (Å²) < 4.78 is 0. The molecule has 0 saturated heterocycles. The van der Waals surface area contributed by atoms with Crippen LogP contribution in [0.1, 0.15) is 0 Å². The van der Waals surface area contributed by atoms with Gasteiger partial charge >= 0.3 is 19.5 Å². The Morgan fingerprint density at radius 3 is 0.727 bits per heavy atom. The van der Waals surface area contributed by atoms with Crippen molar-refractivity contribution in [2.24, 2.45) is 0 Å². The molecule has 0 rings (SSSR count). The molecule has 1 radical (unpaired) electrons. The van der Waals surface area contributed by atoms with Gasteiger partial charge in [-0.25, -0.2) is 0 Å². The first-order valence-corrected chi connectivity index (χ1v) is 1.10. The average Bonchev–Trinajstić information content (AvgIpc) is 1.25. The van der Waals surface area contributed by atoms with Crippen LogP contribution in [0.3, 0.4) is 0 Å². The van der Waals surface area contributed by atoms with Crippen LogP contribution in [0.2, 0.25) is 0 Å². The monoisotopic (exact) mass is 263 g/mol. The Hall–Kier alpha value is -1.06. The summed E-state index contributed by atoms with van der Waals surface area (Å²) in [6.07, 6.45) is 0. The molecule has 11 heavy (non-hydrogen) atoms. The van der Waals surface area contributed by atoms with Gasteiger partial charge in [0.2, 0.25) is 0 Å². The molecule has 71 valence electrons. The van der Waals surface area contributed by atoms with E-state index in [-0.39, 0.29) is 30.4 Å². The van der Waals surface area contributed by atoms with E-state index in [4.69, 9.17) is 30.6 Å². The molecule has 0 saturated carbocycles. The number of rotatable bonds is 0. The predicted octanol–water partition coefficient (Wildman–Crippen LogP) is -2.13. The van der Waals surface area contributed by atoms with Crippen LogP contribution in [0.25, 0.3) is 0 Å². The van der Waals surface area contributed by atoms with E-state index < -0.39 is 10.2 Å². The average molecular weight is 263 g/mol. The van der Waals surface area contributed by atoms with Crippen molar-refractivity contribution in [2.45, 2.75) is 0 Å². The van der Waals surface area contributed by atoms with Gasteiger partial charge in [-0.3, -0.25) is 0 Å². The molecule has 0 atom stereocenters. The smallest absolute Gasteiger partial charge is 0.412 e. The molecular formula is H4N2O8Rh. The van der Waals surface area contributed by atoms with Gasteiger partial charge < -0.3 is 41.6 Å². The molecule has 0 aliphatic heterocycles. The molecule has 0 aromatic rings. The topological polar surface area (TPSA) is 195 Å².